The average molecular weight is 370 g/mol. The van der Waals surface area contributed by atoms with Gasteiger partial charge in [0.2, 0.25) is 0 Å². The Balaban J connectivity index is 1.64. The summed E-state index contributed by atoms with van der Waals surface area (Å²) in [6.07, 6.45) is 10.5. The molecule has 3 heteroatoms. The van der Waals surface area contributed by atoms with Gasteiger partial charge in [-0.3, -0.25) is 4.90 Å². The van der Waals surface area contributed by atoms with Gasteiger partial charge in [0.15, 0.2) is 0 Å². The third-order valence-corrected chi connectivity index (χ3v) is 8.78. The van der Waals surface area contributed by atoms with Crippen LogP contribution in [0.5, 0.6) is 5.75 Å². The van der Waals surface area contributed by atoms with Crippen LogP contribution in [-0.4, -0.2) is 43.9 Å². The first-order valence-corrected chi connectivity index (χ1v) is 11.1. The lowest BCUT2D eigenvalue weighted by molar-refractivity contribution is -0.213. The van der Waals surface area contributed by atoms with Crippen molar-refractivity contribution < 1.29 is 9.47 Å². The van der Waals surface area contributed by atoms with E-state index in [9.17, 15) is 0 Å². The fourth-order valence-electron chi connectivity index (χ4n) is 7.35. The van der Waals surface area contributed by atoms with E-state index in [2.05, 4.69) is 30.0 Å². The minimum Gasteiger partial charge on any atom is -0.497 e. The van der Waals surface area contributed by atoms with Crippen LogP contribution in [0.1, 0.15) is 63.0 Å². The van der Waals surface area contributed by atoms with Crippen LogP contribution in [-0.2, 0) is 16.6 Å². The smallest absolute Gasteiger partial charge is 0.119 e. The quantitative estimate of drug-likeness (QED) is 0.776. The van der Waals surface area contributed by atoms with E-state index in [4.69, 9.17) is 9.47 Å². The lowest BCUT2D eigenvalue weighted by atomic mass is 9.46. The van der Waals surface area contributed by atoms with Gasteiger partial charge in [0.25, 0.3) is 0 Å². The highest BCUT2D eigenvalue weighted by molar-refractivity contribution is 5.49. The topological polar surface area (TPSA) is 21.7 Å². The Kier molecular flexibility index (Phi) is 4.32. The third-order valence-electron chi connectivity index (χ3n) is 8.78. The van der Waals surface area contributed by atoms with Gasteiger partial charge in [0.1, 0.15) is 5.75 Å². The molecule has 0 aromatic heterocycles. The fourth-order valence-corrected chi connectivity index (χ4v) is 7.35. The minimum atomic E-state index is -0.0490. The Bertz CT molecular complexity index is 714. The second-order valence-electron chi connectivity index (χ2n) is 9.66. The maximum atomic E-state index is 6.66. The first-order chi connectivity index (χ1) is 13.1. The highest BCUT2D eigenvalue weighted by atomic mass is 16.5. The second kappa shape index (κ2) is 6.49. The summed E-state index contributed by atoms with van der Waals surface area (Å²) in [6.45, 7) is 4.97. The molecule has 1 aromatic carbocycles. The van der Waals surface area contributed by atoms with E-state index in [1.807, 2.05) is 7.11 Å². The Labute approximate surface area is 164 Å². The van der Waals surface area contributed by atoms with Gasteiger partial charge < -0.3 is 9.47 Å². The molecule has 1 aliphatic heterocycles. The standard InChI is InChI=1S/C24H35NO2/c1-17-6-5-11-23-12-13-25(16-18-7-4-8-18)22(24(17,23)27-3)14-19-9-10-20(26-2)15-21(19)23/h9-10,15,17-18,22H,4-8,11-14,16H2,1-3H3/t17-,22-,23+,24?/m1/s1. The molecule has 1 unspecified atom stereocenters. The number of piperidine rings is 1. The van der Waals surface area contributed by atoms with Crippen molar-refractivity contribution >= 4 is 0 Å². The number of likely N-dealkylation sites (tertiary alicyclic amines) is 1. The molecule has 3 aliphatic carbocycles. The van der Waals surface area contributed by atoms with Crippen molar-refractivity contribution in [3.05, 3.63) is 29.3 Å². The average Bonchev–Trinajstić information content (AvgIpc) is 2.65. The van der Waals surface area contributed by atoms with Gasteiger partial charge in [-0.15, -0.1) is 0 Å². The predicted molar refractivity (Wildman–Crippen MR) is 108 cm³/mol. The minimum absolute atomic E-state index is 0.0490. The SMILES string of the molecule is COc1ccc2c(c1)[C@@]13CCC[C@@H](C)C1(OC)[C@@H](C2)N(CC1CCC1)CC3. The molecule has 27 heavy (non-hydrogen) atoms. The van der Waals surface area contributed by atoms with Gasteiger partial charge in [0, 0.05) is 25.1 Å². The van der Waals surface area contributed by atoms with Gasteiger partial charge >= 0.3 is 0 Å². The molecule has 5 rings (SSSR count). The largest absolute Gasteiger partial charge is 0.497 e. The summed E-state index contributed by atoms with van der Waals surface area (Å²) in [5.74, 6) is 2.52. The summed E-state index contributed by atoms with van der Waals surface area (Å²) in [4.78, 5) is 2.83. The molecule has 3 nitrogen and oxygen atoms in total. The molecule has 1 heterocycles. The van der Waals surface area contributed by atoms with Crippen molar-refractivity contribution in [2.75, 3.05) is 27.3 Å². The van der Waals surface area contributed by atoms with Crippen LogP contribution < -0.4 is 4.74 Å². The Morgan fingerprint density at radius 2 is 1.96 bits per heavy atom. The monoisotopic (exact) mass is 369 g/mol. The maximum Gasteiger partial charge on any atom is 0.119 e. The van der Waals surface area contributed by atoms with E-state index in [-0.39, 0.29) is 11.0 Å². The number of rotatable bonds is 4. The number of methoxy groups -OCH3 is 2. The van der Waals surface area contributed by atoms with Gasteiger partial charge in [-0.05, 0) is 80.2 Å². The van der Waals surface area contributed by atoms with Crippen LogP contribution in [0.25, 0.3) is 0 Å². The number of ether oxygens (including phenoxy) is 2. The van der Waals surface area contributed by atoms with Crippen molar-refractivity contribution in [1.82, 2.24) is 4.90 Å². The molecular weight excluding hydrogens is 334 g/mol. The lowest BCUT2D eigenvalue weighted by Crippen LogP contribution is -2.76. The first-order valence-electron chi connectivity index (χ1n) is 11.1. The molecule has 148 valence electrons. The molecule has 4 atom stereocenters. The number of benzene rings is 1. The number of hydrogen-bond donors (Lipinski definition) is 0. The summed E-state index contributed by atoms with van der Waals surface area (Å²) in [5, 5.41) is 0. The summed E-state index contributed by atoms with van der Waals surface area (Å²) in [7, 11) is 3.79. The zero-order chi connectivity index (χ0) is 18.6. The van der Waals surface area contributed by atoms with Crippen LogP contribution in [0.2, 0.25) is 0 Å². The number of nitrogens with zero attached hydrogens (tertiary/aromatic N) is 1. The molecule has 2 bridgehead atoms. The molecule has 2 saturated carbocycles. The Morgan fingerprint density at radius 1 is 1.11 bits per heavy atom. The van der Waals surface area contributed by atoms with E-state index in [1.165, 1.54) is 63.6 Å². The van der Waals surface area contributed by atoms with E-state index < -0.39 is 0 Å². The third kappa shape index (κ3) is 2.34. The first kappa shape index (κ1) is 18.0. The molecule has 0 radical (unpaired) electrons. The summed E-state index contributed by atoms with van der Waals surface area (Å²) >= 11 is 0. The second-order valence-corrected chi connectivity index (χ2v) is 9.66. The van der Waals surface area contributed by atoms with Gasteiger partial charge in [-0.25, -0.2) is 0 Å². The zero-order valence-electron chi connectivity index (χ0n) is 17.3. The van der Waals surface area contributed by atoms with Crippen molar-refractivity contribution in [3.8, 4) is 5.75 Å². The van der Waals surface area contributed by atoms with Gasteiger partial charge in [-0.2, -0.15) is 0 Å². The van der Waals surface area contributed by atoms with E-state index in [1.54, 1.807) is 12.7 Å². The van der Waals surface area contributed by atoms with Gasteiger partial charge in [-0.1, -0.05) is 25.8 Å². The lowest BCUT2D eigenvalue weighted by Gasteiger charge is -2.67. The van der Waals surface area contributed by atoms with E-state index in [0.717, 1.165) is 18.1 Å². The van der Waals surface area contributed by atoms with Crippen LogP contribution in [0.3, 0.4) is 0 Å². The highest BCUT2D eigenvalue weighted by Crippen LogP contribution is 2.62. The summed E-state index contributed by atoms with van der Waals surface area (Å²) in [6, 6.07) is 7.37. The number of fused-ring (bicyclic) bond motifs is 1. The van der Waals surface area contributed by atoms with Crippen molar-refractivity contribution in [3.63, 3.8) is 0 Å². The molecular formula is C24H35NO2. The van der Waals surface area contributed by atoms with Crippen molar-refractivity contribution in [1.29, 1.82) is 0 Å². The molecule has 0 N–H and O–H groups in total. The van der Waals surface area contributed by atoms with E-state index in [0.29, 0.717) is 12.0 Å². The summed E-state index contributed by atoms with van der Waals surface area (Å²) < 4.78 is 12.3. The van der Waals surface area contributed by atoms with Crippen molar-refractivity contribution in [2.24, 2.45) is 11.8 Å². The molecule has 1 aromatic rings. The van der Waals surface area contributed by atoms with Gasteiger partial charge in [0.05, 0.1) is 12.7 Å². The Morgan fingerprint density at radius 3 is 2.67 bits per heavy atom. The fraction of sp³-hybridized carbons (Fsp3) is 0.750. The molecule has 4 aliphatic rings. The van der Waals surface area contributed by atoms with E-state index >= 15 is 0 Å². The van der Waals surface area contributed by atoms with Crippen molar-refractivity contribution in [2.45, 2.75) is 75.3 Å². The highest BCUT2D eigenvalue weighted by Gasteiger charge is 2.67. The molecule has 0 spiro atoms. The molecule has 1 saturated heterocycles. The van der Waals surface area contributed by atoms with Crippen LogP contribution >= 0.6 is 0 Å². The van der Waals surface area contributed by atoms with Crippen LogP contribution in [0.15, 0.2) is 18.2 Å². The zero-order valence-corrected chi connectivity index (χ0v) is 17.3. The summed E-state index contributed by atoms with van der Waals surface area (Å²) in [5.41, 5.74) is 3.19. The predicted octanol–water partition coefficient (Wildman–Crippen LogP) is 4.57. The van der Waals surface area contributed by atoms with Crippen LogP contribution in [0, 0.1) is 11.8 Å². The number of hydrogen-bond acceptors (Lipinski definition) is 3. The van der Waals surface area contributed by atoms with Crippen LogP contribution in [0.4, 0.5) is 0 Å². The Hall–Kier alpha value is -1.06. The maximum absolute atomic E-state index is 6.66. The molecule has 0 amide bonds. The normalized spacial score (nSPS) is 38.6. The molecule has 3 fully saturated rings.